The molecule has 1 aromatic heterocycles. The number of aryl methyl sites for hydroxylation is 1. The van der Waals surface area contributed by atoms with Crippen LogP contribution in [0.4, 0.5) is 0 Å². The van der Waals surface area contributed by atoms with Crippen LogP contribution in [0.25, 0.3) is 0 Å². The molecule has 1 unspecified atom stereocenters. The van der Waals surface area contributed by atoms with E-state index in [4.69, 9.17) is 9.73 Å². The molecule has 3 rings (SSSR count). The van der Waals surface area contributed by atoms with Crippen LogP contribution in [0, 0.1) is 5.92 Å². The van der Waals surface area contributed by atoms with Gasteiger partial charge in [-0.15, -0.1) is 24.0 Å². The smallest absolute Gasteiger partial charge is 0.194 e. The summed E-state index contributed by atoms with van der Waals surface area (Å²) in [4.78, 5) is 7.12. The number of aliphatic imine (C=N–C) groups is 1. The van der Waals surface area contributed by atoms with Gasteiger partial charge in [0.05, 0.1) is 19.3 Å². The van der Waals surface area contributed by atoms with Gasteiger partial charge in [-0.25, -0.2) is 0 Å². The van der Waals surface area contributed by atoms with Crippen LogP contribution in [0.1, 0.15) is 37.9 Å². The average Bonchev–Trinajstić information content (AvgIpc) is 3.25. The Bertz CT molecular complexity index is 514. The average molecular weight is 433 g/mol. The summed E-state index contributed by atoms with van der Waals surface area (Å²) >= 11 is 0. The van der Waals surface area contributed by atoms with E-state index in [1.807, 2.05) is 24.1 Å². The largest absolute Gasteiger partial charge is 0.370 e. The van der Waals surface area contributed by atoms with Crippen molar-refractivity contribution in [2.24, 2.45) is 18.0 Å². The Morgan fingerprint density at radius 3 is 2.96 bits per heavy atom. The summed E-state index contributed by atoms with van der Waals surface area (Å²) in [7, 11) is 1.94. The zero-order valence-electron chi connectivity index (χ0n) is 14.1. The minimum Gasteiger partial charge on any atom is -0.370 e. The van der Waals surface area contributed by atoms with Gasteiger partial charge in [-0.1, -0.05) is 12.8 Å². The van der Waals surface area contributed by atoms with Crippen molar-refractivity contribution in [3.63, 3.8) is 0 Å². The molecule has 0 radical (unpaired) electrons. The molecule has 0 bridgehead atoms. The Morgan fingerprint density at radius 2 is 2.30 bits per heavy atom. The molecule has 23 heavy (non-hydrogen) atoms. The number of ether oxygens (including phenoxy) is 1. The number of guanidine groups is 1. The van der Waals surface area contributed by atoms with Crippen LogP contribution in [-0.2, 0) is 11.8 Å². The van der Waals surface area contributed by atoms with Gasteiger partial charge in [0.1, 0.15) is 6.10 Å². The standard InChI is InChI=1S/C16H27N5O.HI/c1-3-17-16(18-7-6-13-4-5-13)21-8-9-22-15(12-21)14-10-19-20(2)11-14;/h10-11,13,15H,3-9,12H2,1-2H3,(H,17,18);1H. The van der Waals surface area contributed by atoms with Crippen LogP contribution in [0.3, 0.4) is 0 Å². The van der Waals surface area contributed by atoms with Crippen LogP contribution in [0.15, 0.2) is 17.4 Å². The number of aromatic nitrogens is 2. The van der Waals surface area contributed by atoms with E-state index >= 15 is 0 Å². The van der Waals surface area contributed by atoms with Crippen LogP contribution in [-0.4, -0.2) is 53.4 Å². The lowest BCUT2D eigenvalue weighted by Crippen LogP contribution is -2.48. The molecule has 130 valence electrons. The maximum atomic E-state index is 5.91. The van der Waals surface area contributed by atoms with E-state index in [2.05, 4.69) is 22.2 Å². The van der Waals surface area contributed by atoms with Crippen molar-refractivity contribution in [3.05, 3.63) is 18.0 Å². The molecule has 1 saturated heterocycles. The van der Waals surface area contributed by atoms with Crippen LogP contribution >= 0.6 is 24.0 Å². The van der Waals surface area contributed by atoms with Gasteiger partial charge in [0.2, 0.25) is 0 Å². The lowest BCUT2D eigenvalue weighted by molar-refractivity contribution is -0.00804. The van der Waals surface area contributed by atoms with E-state index in [0.717, 1.165) is 50.2 Å². The number of nitrogens with zero attached hydrogens (tertiary/aromatic N) is 4. The number of rotatable bonds is 5. The summed E-state index contributed by atoms with van der Waals surface area (Å²) in [5.41, 5.74) is 1.14. The number of hydrogen-bond donors (Lipinski definition) is 1. The molecule has 1 aromatic rings. The predicted molar refractivity (Wildman–Crippen MR) is 102 cm³/mol. The minimum atomic E-state index is 0. The summed E-state index contributed by atoms with van der Waals surface area (Å²) in [6, 6.07) is 0. The summed E-state index contributed by atoms with van der Waals surface area (Å²) in [5.74, 6) is 1.96. The van der Waals surface area contributed by atoms with Crippen molar-refractivity contribution in [2.75, 3.05) is 32.8 Å². The monoisotopic (exact) mass is 433 g/mol. The van der Waals surface area contributed by atoms with Crippen LogP contribution in [0.2, 0.25) is 0 Å². The molecule has 1 saturated carbocycles. The first kappa shape index (κ1) is 18.5. The quantitative estimate of drug-likeness (QED) is 0.440. The van der Waals surface area contributed by atoms with Crippen molar-refractivity contribution in [1.29, 1.82) is 0 Å². The third-order valence-corrected chi connectivity index (χ3v) is 4.29. The number of morpholine rings is 1. The highest BCUT2D eigenvalue weighted by molar-refractivity contribution is 14.0. The molecule has 1 N–H and O–H groups in total. The topological polar surface area (TPSA) is 54.7 Å². The Morgan fingerprint density at radius 1 is 1.48 bits per heavy atom. The molecule has 0 aromatic carbocycles. The highest BCUT2D eigenvalue weighted by Crippen LogP contribution is 2.32. The normalized spacial score (nSPS) is 21.9. The lowest BCUT2D eigenvalue weighted by Gasteiger charge is -2.34. The van der Waals surface area contributed by atoms with E-state index in [-0.39, 0.29) is 30.1 Å². The number of hydrogen-bond acceptors (Lipinski definition) is 3. The van der Waals surface area contributed by atoms with Crippen LogP contribution < -0.4 is 5.32 Å². The van der Waals surface area contributed by atoms with Crippen molar-refractivity contribution in [3.8, 4) is 0 Å². The van der Waals surface area contributed by atoms with Gasteiger partial charge in [-0.05, 0) is 19.3 Å². The molecule has 2 fully saturated rings. The number of nitrogens with one attached hydrogen (secondary N) is 1. The van der Waals surface area contributed by atoms with Gasteiger partial charge in [-0.3, -0.25) is 9.67 Å². The fourth-order valence-electron chi connectivity index (χ4n) is 2.84. The maximum absolute atomic E-state index is 5.91. The fraction of sp³-hybridized carbons (Fsp3) is 0.750. The molecule has 7 heteroatoms. The third-order valence-electron chi connectivity index (χ3n) is 4.29. The summed E-state index contributed by atoms with van der Waals surface area (Å²) in [5, 5.41) is 7.67. The second-order valence-corrected chi connectivity index (χ2v) is 6.22. The summed E-state index contributed by atoms with van der Waals surface area (Å²) < 4.78 is 7.74. The highest BCUT2D eigenvalue weighted by Gasteiger charge is 2.25. The Labute approximate surface area is 155 Å². The molecular formula is C16H28IN5O. The van der Waals surface area contributed by atoms with Crippen molar-refractivity contribution in [1.82, 2.24) is 20.0 Å². The molecular weight excluding hydrogens is 405 g/mol. The second kappa shape index (κ2) is 8.86. The molecule has 1 atom stereocenters. The lowest BCUT2D eigenvalue weighted by atomic mass is 10.1. The predicted octanol–water partition coefficient (Wildman–Crippen LogP) is 2.18. The molecule has 1 aliphatic carbocycles. The van der Waals surface area contributed by atoms with Crippen molar-refractivity contribution >= 4 is 29.9 Å². The van der Waals surface area contributed by atoms with Gasteiger partial charge in [0.15, 0.2) is 5.96 Å². The maximum Gasteiger partial charge on any atom is 0.194 e. The SMILES string of the molecule is CCNC(=NCCC1CC1)N1CCOC(c2cnn(C)c2)C1.I. The first-order valence-electron chi connectivity index (χ1n) is 8.39. The van der Waals surface area contributed by atoms with Crippen molar-refractivity contribution < 1.29 is 4.74 Å². The summed E-state index contributed by atoms with van der Waals surface area (Å²) in [6.07, 6.45) is 8.02. The van der Waals surface area contributed by atoms with Crippen LogP contribution in [0.5, 0.6) is 0 Å². The third kappa shape index (κ3) is 5.34. The Kier molecular flexibility index (Phi) is 7.13. The molecule has 0 amide bonds. The van der Waals surface area contributed by atoms with E-state index in [1.165, 1.54) is 19.3 Å². The number of halogens is 1. The Hall–Kier alpha value is -0.830. The molecule has 2 heterocycles. The fourth-order valence-corrected chi connectivity index (χ4v) is 2.84. The zero-order chi connectivity index (χ0) is 15.4. The molecule has 0 spiro atoms. The Balaban J connectivity index is 0.00000192. The summed E-state index contributed by atoms with van der Waals surface area (Å²) in [6.45, 7) is 6.41. The van der Waals surface area contributed by atoms with Gasteiger partial charge < -0.3 is 15.0 Å². The first-order chi connectivity index (χ1) is 10.8. The molecule has 2 aliphatic rings. The van der Waals surface area contributed by atoms with Gasteiger partial charge in [0.25, 0.3) is 0 Å². The second-order valence-electron chi connectivity index (χ2n) is 6.22. The molecule has 6 nitrogen and oxygen atoms in total. The minimum absolute atomic E-state index is 0. The van der Waals surface area contributed by atoms with Gasteiger partial charge in [-0.2, -0.15) is 5.10 Å². The van der Waals surface area contributed by atoms with E-state index in [0.29, 0.717) is 0 Å². The van der Waals surface area contributed by atoms with Gasteiger partial charge in [0, 0.05) is 38.4 Å². The van der Waals surface area contributed by atoms with E-state index in [1.54, 1.807) is 0 Å². The van der Waals surface area contributed by atoms with E-state index in [9.17, 15) is 0 Å². The van der Waals surface area contributed by atoms with E-state index < -0.39 is 0 Å². The molecule has 1 aliphatic heterocycles. The highest BCUT2D eigenvalue weighted by atomic mass is 127. The first-order valence-corrected chi connectivity index (χ1v) is 8.39. The van der Waals surface area contributed by atoms with Crippen molar-refractivity contribution in [2.45, 2.75) is 32.3 Å². The van der Waals surface area contributed by atoms with Gasteiger partial charge >= 0.3 is 0 Å². The zero-order valence-corrected chi connectivity index (χ0v) is 16.4.